The molecule has 0 fully saturated rings. The molecule has 1 heterocycles. The van der Waals surface area contributed by atoms with Crippen molar-refractivity contribution in [2.45, 2.75) is 32.1 Å². The molecule has 0 saturated heterocycles. The van der Waals surface area contributed by atoms with Crippen LogP contribution in [0.4, 0.5) is 0 Å². The molecule has 2 aromatic carbocycles. The molecule has 0 bridgehead atoms. The van der Waals surface area contributed by atoms with Gasteiger partial charge < -0.3 is 18.9 Å². The fourth-order valence-electron chi connectivity index (χ4n) is 3.26. The van der Waals surface area contributed by atoms with Crippen LogP contribution in [0.2, 0.25) is 0 Å². The Labute approximate surface area is 175 Å². The Balaban J connectivity index is 1.69. The van der Waals surface area contributed by atoms with Crippen LogP contribution in [0.1, 0.15) is 19.4 Å². The van der Waals surface area contributed by atoms with Crippen LogP contribution in [0.25, 0.3) is 11.0 Å². The zero-order valence-corrected chi connectivity index (χ0v) is 18.2. The summed E-state index contributed by atoms with van der Waals surface area (Å²) >= 11 is 1.49. The van der Waals surface area contributed by atoms with E-state index in [-0.39, 0.29) is 5.91 Å². The van der Waals surface area contributed by atoms with Crippen LogP contribution in [0, 0.1) is 0 Å². The normalized spacial score (nSPS) is 10.9. The molecule has 0 N–H and O–H groups in total. The lowest BCUT2D eigenvalue weighted by atomic mass is 10.2. The van der Waals surface area contributed by atoms with Crippen LogP contribution in [-0.2, 0) is 17.9 Å². The summed E-state index contributed by atoms with van der Waals surface area (Å²) in [5.41, 5.74) is 3.06. The highest BCUT2D eigenvalue weighted by molar-refractivity contribution is 7.99. The number of para-hydroxylation sites is 2. The highest BCUT2D eigenvalue weighted by Gasteiger charge is 2.17. The molecule has 0 aliphatic carbocycles. The smallest absolute Gasteiger partial charge is 0.233 e. The number of amides is 1. The van der Waals surface area contributed by atoms with Gasteiger partial charge >= 0.3 is 0 Å². The lowest BCUT2D eigenvalue weighted by molar-refractivity contribution is -0.128. The minimum Gasteiger partial charge on any atom is -0.493 e. The minimum atomic E-state index is 0.0852. The zero-order chi connectivity index (χ0) is 20.8. The van der Waals surface area contributed by atoms with E-state index in [9.17, 15) is 4.79 Å². The van der Waals surface area contributed by atoms with E-state index in [2.05, 4.69) is 17.6 Å². The van der Waals surface area contributed by atoms with E-state index in [4.69, 9.17) is 14.5 Å². The maximum Gasteiger partial charge on any atom is 0.233 e. The monoisotopic (exact) mass is 413 g/mol. The van der Waals surface area contributed by atoms with Gasteiger partial charge in [0.1, 0.15) is 0 Å². The Morgan fingerprint density at radius 2 is 1.86 bits per heavy atom. The predicted molar refractivity (Wildman–Crippen MR) is 117 cm³/mol. The number of ether oxygens (including phenoxy) is 2. The van der Waals surface area contributed by atoms with Crippen molar-refractivity contribution in [3.8, 4) is 11.5 Å². The second-order valence-corrected chi connectivity index (χ2v) is 7.46. The number of thioether (sulfide) groups is 1. The van der Waals surface area contributed by atoms with E-state index in [0.29, 0.717) is 30.3 Å². The van der Waals surface area contributed by atoms with Crippen LogP contribution < -0.4 is 9.47 Å². The van der Waals surface area contributed by atoms with Crippen molar-refractivity contribution in [3.63, 3.8) is 0 Å². The molecule has 0 saturated carbocycles. The number of fused-ring (bicyclic) bond motifs is 1. The predicted octanol–water partition coefficient (Wildman–Crippen LogP) is 4.21. The van der Waals surface area contributed by atoms with Gasteiger partial charge in [-0.2, -0.15) is 0 Å². The Morgan fingerprint density at radius 3 is 2.55 bits per heavy atom. The van der Waals surface area contributed by atoms with E-state index in [1.165, 1.54) is 11.8 Å². The molecule has 1 aromatic heterocycles. The lowest BCUT2D eigenvalue weighted by Gasteiger charge is -2.21. The summed E-state index contributed by atoms with van der Waals surface area (Å²) in [6, 6.07) is 13.8. The van der Waals surface area contributed by atoms with Crippen molar-refractivity contribution in [2.75, 3.05) is 26.5 Å². The van der Waals surface area contributed by atoms with Crippen LogP contribution >= 0.6 is 11.8 Å². The quantitative estimate of drug-likeness (QED) is 0.492. The molecule has 0 aliphatic rings. The number of hydrogen-bond donors (Lipinski definition) is 0. The van der Waals surface area contributed by atoms with Crippen LogP contribution in [-0.4, -0.2) is 46.9 Å². The lowest BCUT2D eigenvalue weighted by Crippen LogP contribution is -2.31. The number of imidazole rings is 1. The maximum absolute atomic E-state index is 12.9. The van der Waals surface area contributed by atoms with Crippen LogP contribution in [0.15, 0.2) is 47.6 Å². The number of rotatable bonds is 9. The summed E-state index contributed by atoms with van der Waals surface area (Å²) < 4.78 is 12.8. The molecule has 3 rings (SSSR count). The number of benzene rings is 2. The first-order valence-electron chi connectivity index (χ1n) is 9.68. The molecule has 0 radical (unpaired) electrons. The number of aryl methyl sites for hydroxylation is 1. The number of aromatic nitrogens is 2. The molecular formula is C22H27N3O3S. The third-order valence-corrected chi connectivity index (χ3v) is 5.78. The Kier molecular flexibility index (Phi) is 7.04. The number of carbonyl (C=O) groups is 1. The molecule has 6 nitrogen and oxygen atoms in total. The van der Waals surface area contributed by atoms with Gasteiger partial charge in [-0.3, -0.25) is 4.79 Å². The largest absolute Gasteiger partial charge is 0.493 e. The summed E-state index contributed by atoms with van der Waals surface area (Å²) in [5.74, 6) is 1.78. The molecule has 0 atom stereocenters. The van der Waals surface area contributed by atoms with Gasteiger partial charge in [0.2, 0.25) is 5.91 Å². The minimum absolute atomic E-state index is 0.0852. The van der Waals surface area contributed by atoms with Gasteiger partial charge in [-0.25, -0.2) is 4.98 Å². The molecule has 0 aliphatic heterocycles. The number of hydrogen-bond acceptors (Lipinski definition) is 5. The second-order valence-electron chi connectivity index (χ2n) is 6.51. The highest BCUT2D eigenvalue weighted by Crippen LogP contribution is 2.28. The van der Waals surface area contributed by atoms with Gasteiger partial charge in [-0.1, -0.05) is 30.0 Å². The van der Waals surface area contributed by atoms with E-state index < -0.39 is 0 Å². The Hall–Kier alpha value is -2.67. The first kappa shape index (κ1) is 21.0. The number of nitrogens with zero attached hydrogens (tertiary/aromatic N) is 3. The van der Waals surface area contributed by atoms with Gasteiger partial charge in [0, 0.05) is 19.6 Å². The van der Waals surface area contributed by atoms with Crippen molar-refractivity contribution >= 4 is 28.7 Å². The Bertz CT molecular complexity index is 987. The van der Waals surface area contributed by atoms with E-state index in [1.54, 1.807) is 14.2 Å². The highest BCUT2D eigenvalue weighted by atomic mass is 32.2. The molecule has 154 valence electrons. The van der Waals surface area contributed by atoms with Gasteiger partial charge in [0.05, 0.1) is 31.0 Å². The summed E-state index contributed by atoms with van der Waals surface area (Å²) in [5, 5.41) is 0.879. The first-order chi connectivity index (χ1) is 14.1. The van der Waals surface area contributed by atoms with Gasteiger partial charge in [0.25, 0.3) is 0 Å². The summed E-state index contributed by atoms with van der Waals surface area (Å²) in [6.45, 7) is 6.07. The Morgan fingerprint density at radius 1 is 1.10 bits per heavy atom. The first-order valence-corrected chi connectivity index (χ1v) is 10.7. The van der Waals surface area contributed by atoms with Crippen molar-refractivity contribution < 1.29 is 14.3 Å². The fraction of sp³-hybridized carbons (Fsp3) is 0.364. The zero-order valence-electron chi connectivity index (χ0n) is 17.3. The molecule has 29 heavy (non-hydrogen) atoms. The summed E-state index contributed by atoms with van der Waals surface area (Å²) in [7, 11) is 3.22. The average Bonchev–Trinajstić information content (AvgIpc) is 3.12. The topological polar surface area (TPSA) is 56.6 Å². The molecule has 0 spiro atoms. The third-order valence-electron chi connectivity index (χ3n) is 4.82. The third kappa shape index (κ3) is 4.67. The van der Waals surface area contributed by atoms with Gasteiger partial charge in [-0.15, -0.1) is 0 Å². The van der Waals surface area contributed by atoms with E-state index >= 15 is 0 Å². The van der Waals surface area contributed by atoms with Crippen molar-refractivity contribution in [3.05, 3.63) is 48.0 Å². The van der Waals surface area contributed by atoms with Gasteiger partial charge in [0.15, 0.2) is 16.7 Å². The molecule has 1 amide bonds. The van der Waals surface area contributed by atoms with E-state index in [0.717, 1.165) is 28.3 Å². The second kappa shape index (κ2) is 9.69. The van der Waals surface area contributed by atoms with Gasteiger partial charge in [-0.05, 0) is 43.7 Å². The molecule has 7 heteroatoms. The SMILES string of the molecule is CCN(Cc1ccc(OC)c(OC)c1)C(=O)CSc1nc2ccccc2n1CC. The van der Waals surface area contributed by atoms with Crippen LogP contribution in [0.3, 0.4) is 0 Å². The standard InChI is InChI=1S/C22H27N3O3S/c1-5-24(14-16-11-12-19(27-3)20(13-16)28-4)21(26)15-29-22-23-17-9-7-8-10-18(17)25(22)6-2/h7-13H,5-6,14-15H2,1-4H3. The number of methoxy groups -OCH3 is 2. The van der Waals surface area contributed by atoms with Crippen molar-refractivity contribution in [1.29, 1.82) is 0 Å². The summed E-state index contributed by atoms with van der Waals surface area (Å²) in [6.07, 6.45) is 0. The number of carbonyl (C=O) groups excluding carboxylic acids is 1. The van der Waals surface area contributed by atoms with Crippen molar-refractivity contribution in [1.82, 2.24) is 14.5 Å². The average molecular weight is 414 g/mol. The molecule has 0 unspecified atom stereocenters. The molecule has 3 aromatic rings. The fourth-order valence-corrected chi connectivity index (χ4v) is 4.24. The van der Waals surface area contributed by atoms with Crippen molar-refractivity contribution in [2.24, 2.45) is 0 Å². The molecular weight excluding hydrogens is 386 g/mol. The maximum atomic E-state index is 12.9. The summed E-state index contributed by atoms with van der Waals surface area (Å²) in [4.78, 5) is 19.4. The van der Waals surface area contributed by atoms with Crippen LogP contribution in [0.5, 0.6) is 11.5 Å². The van der Waals surface area contributed by atoms with E-state index in [1.807, 2.05) is 48.2 Å².